The Morgan fingerprint density at radius 2 is 2.07 bits per heavy atom. The van der Waals surface area contributed by atoms with Gasteiger partial charge in [0.2, 0.25) is 0 Å². The first-order valence-corrected chi connectivity index (χ1v) is 9.42. The van der Waals surface area contributed by atoms with Crippen molar-refractivity contribution in [2.75, 3.05) is 17.3 Å². The van der Waals surface area contributed by atoms with Gasteiger partial charge in [-0.05, 0) is 37.3 Å². The summed E-state index contributed by atoms with van der Waals surface area (Å²) in [5, 5.41) is 4.75. The standard InChI is InChI=1S/C20H16FN3O3S/c1-11-19(26)24(2)16-9-12(7-8-17(16)27-11)15-10-28-20(22-15)23-18(25)13-5-3-4-6-14(13)21/h3-11H,1-2H3,(H,22,23,25). The molecule has 0 bridgehead atoms. The molecule has 0 spiro atoms. The predicted molar refractivity (Wildman–Crippen MR) is 105 cm³/mol. The fourth-order valence-electron chi connectivity index (χ4n) is 2.94. The zero-order valence-electron chi connectivity index (χ0n) is 15.1. The normalized spacial score (nSPS) is 15.8. The molecule has 0 radical (unpaired) electrons. The summed E-state index contributed by atoms with van der Waals surface area (Å²) in [6.45, 7) is 1.71. The zero-order valence-corrected chi connectivity index (χ0v) is 15.9. The minimum Gasteiger partial charge on any atom is -0.479 e. The number of likely N-dealkylation sites (N-methyl/N-ethyl adjacent to an activating group) is 1. The first-order valence-electron chi connectivity index (χ1n) is 8.54. The number of nitrogens with one attached hydrogen (secondary N) is 1. The fraction of sp³-hybridized carbons (Fsp3) is 0.150. The van der Waals surface area contributed by atoms with E-state index in [4.69, 9.17) is 4.74 Å². The van der Waals surface area contributed by atoms with Crippen LogP contribution in [0.4, 0.5) is 15.2 Å². The van der Waals surface area contributed by atoms with Gasteiger partial charge in [-0.15, -0.1) is 11.3 Å². The summed E-state index contributed by atoms with van der Waals surface area (Å²) in [6, 6.07) is 11.2. The average Bonchev–Trinajstić information content (AvgIpc) is 3.15. The van der Waals surface area contributed by atoms with E-state index in [1.807, 2.05) is 12.1 Å². The molecule has 2 amide bonds. The summed E-state index contributed by atoms with van der Waals surface area (Å²) < 4.78 is 19.4. The van der Waals surface area contributed by atoms with Crippen molar-refractivity contribution in [1.82, 2.24) is 4.98 Å². The second kappa shape index (κ2) is 7.05. The lowest BCUT2D eigenvalue weighted by Crippen LogP contribution is -2.41. The summed E-state index contributed by atoms with van der Waals surface area (Å²) in [6.07, 6.45) is -0.525. The number of hydrogen-bond donors (Lipinski definition) is 1. The first-order chi connectivity index (χ1) is 13.4. The van der Waals surface area contributed by atoms with Gasteiger partial charge in [0, 0.05) is 18.0 Å². The predicted octanol–water partition coefficient (Wildman–Crippen LogP) is 3.95. The second-order valence-corrected chi connectivity index (χ2v) is 7.17. The van der Waals surface area contributed by atoms with Crippen LogP contribution in [-0.4, -0.2) is 29.9 Å². The van der Waals surface area contributed by atoms with E-state index in [1.54, 1.807) is 36.4 Å². The number of halogens is 1. The quantitative estimate of drug-likeness (QED) is 0.727. The summed E-state index contributed by atoms with van der Waals surface area (Å²) in [5.41, 5.74) is 2.03. The molecule has 0 saturated carbocycles. The van der Waals surface area contributed by atoms with E-state index in [1.165, 1.54) is 29.5 Å². The van der Waals surface area contributed by atoms with Crippen LogP contribution in [0.15, 0.2) is 47.8 Å². The number of thiazole rings is 1. The van der Waals surface area contributed by atoms with Crippen molar-refractivity contribution < 1.29 is 18.7 Å². The number of benzene rings is 2. The van der Waals surface area contributed by atoms with Crippen LogP contribution in [0.3, 0.4) is 0 Å². The summed E-state index contributed by atoms with van der Waals surface area (Å²) in [4.78, 5) is 30.3. The van der Waals surface area contributed by atoms with Gasteiger partial charge in [0.1, 0.15) is 11.6 Å². The van der Waals surface area contributed by atoms with E-state index in [0.29, 0.717) is 22.3 Å². The monoisotopic (exact) mass is 397 g/mol. The smallest absolute Gasteiger partial charge is 0.267 e. The molecule has 1 aliphatic heterocycles. The van der Waals surface area contributed by atoms with Crippen molar-refractivity contribution in [1.29, 1.82) is 0 Å². The van der Waals surface area contributed by atoms with E-state index in [2.05, 4.69) is 10.3 Å². The van der Waals surface area contributed by atoms with Gasteiger partial charge < -0.3 is 9.64 Å². The van der Waals surface area contributed by atoms with Crippen LogP contribution in [0.5, 0.6) is 5.75 Å². The lowest BCUT2D eigenvalue weighted by Gasteiger charge is -2.30. The molecule has 2 aromatic carbocycles. The Morgan fingerprint density at radius 1 is 1.29 bits per heavy atom. The van der Waals surface area contributed by atoms with Crippen molar-refractivity contribution in [3.8, 4) is 17.0 Å². The molecule has 1 unspecified atom stereocenters. The molecule has 1 N–H and O–H groups in total. The van der Waals surface area contributed by atoms with Crippen LogP contribution >= 0.6 is 11.3 Å². The molecule has 0 saturated heterocycles. The van der Waals surface area contributed by atoms with E-state index < -0.39 is 17.8 Å². The number of ether oxygens (including phenoxy) is 1. The van der Waals surface area contributed by atoms with Crippen LogP contribution in [0.1, 0.15) is 17.3 Å². The Hall–Kier alpha value is -3.26. The number of nitrogens with zero attached hydrogens (tertiary/aromatic N) is 2. The molecule has 0 aliphatic carbocycles. The summed E-state index contributed by atoms with van der Waals surface area (Å²) >= 11 is 1.24. The maximum absolute atomic E-state index is 13.7. The molecule has 1 aliphatic rings. The highest BCUT2D eigenvalue weighted by atomic mass is 32.1. The summed E-state index contributed by atoms with van der Waals surface area (Å²) in [5.74, 6) is -0.645. The molecule has 6 nitrogen and oxygen atoms in total. The number of carbonyl (C=O) groups is 2. The third kappa shape index (κ3) is 3.22. The van der Waals surface area contributed by atoms with Crippen molar-refractivity contribution in [3.05, 3.63) is 59.2 Å². The highest BCUT2D eigenvalue weighted by Crippen LogP contribution is 2.37. The highest BCUT2D eigenvalue weighted by Gasteiger charge is 2.29. The molecule has 142 valence electrons. The molecule has 3 aromatic rings. The van der Waals surface area contributed by atoms with Crippen LogP contribution < -0.4 is 15.0 Å². The fourth-order valence-corrected chi connectivity index (χ4v) is 3.66. The highest BCUT2D eigenvalue weighted by molar-refractivity contribution is 7.14. The third-order valence-corrected chi connectivity index (χ3v) is 5.20. The average molecular weight is 397 g/mol. The minimum absolute atomic E-state index is 0.0422. The Kier molecular flexibility index (Phi) is 4.56. The van der Waals surface area contributed by atoms with Crippen LogP contribution in [0.25, 0.3) is 11.3 Å². The van der Waals surface area contributed by atoms with E-state index in [-0.39, 0.29) is 11.5 Å². The molecule has 4 rings (SSSR count). The van der Waals surface area contributed by atoms with Gasteiger partial charge >= 0.3 is 0 Å². The number of rotatable bonds is 3. The van der Waals surface area contributed by atoms with Crippen LogP contribution in [0, 0.1) is 5.82 Å². The Bertz CT molecular complexity index is 1080. The molecule has 1 atom stereocenters. The molecule has 0 fully saturated rings. The number of aromatic nitrogens is 1. The maximum Gasteiger partial charge on any atom is 0.267 e. The summed E-state index contributed by atoms with van der Waals surface area (Å²) in [7, 11) is 1.70. The topological polar surface area (TPSA) is 71.5 Å². The van der Waals surface area contributed by atoms with Gasteiger partial charge in [-0.25, -0.2) is 9.37 Å². The minimum atomic E-state index is -0.589. The van der Waals surface area contributed by atoms with Gasteiger partial charge in [0.15, 0.2) is 11.2 Å². The van der Waals surface area contributed by atoms with Crippen molar-refractivity contribution >= 4 is 34.0 Å². The van der Waals surface area contributed by atoms with Gasteiger partial charge in [0.05, 0.1) is 16.9 Å². The Labute approximate surface area is 164 Å². The Balaban J connectivity index is 1.58. The Morgan fingerprint density at radius 3 is 2.86 bits per heavy atom. The molecular weight excluding hydrogens is 381 g/mol. The largest absolute Gasteiger partial charge is 0.479 e. The van der Waals surface area contributed by atoms with Crippen molar-refractivity contribution in [2.45, 2.75) is 13.0 Å². The van der Waals surface area contributed by atoms with Gasteiger partial charge in [0.25, 0.3) is 11.8 Å². The number of anilines is 2. The molecular formula is C20H16FN3O3S. The number of carbonyl (C=O) groups excluding carboxylic acids is 2. The van der Waals surface area contributed by atoms with Gasteiger partial charge in [-0.3, -0.25) is 14.9 Å². The van der Waals surface area contributed by atoms with Crippen molar-refractivity contribution in [3.63, 3.8) is 0 Å². The number of hydrogen-bond acceptors (Lipinski definition) is 5. The molecule has 28 heavy (non-hydrogen) atoms. The van der Waals surface area contributed by atoms with E-state index in [9.17, 15) is 14.0 Å². The van der Waals surface area contributed by atoms with Crippen LogP contribution in [-0.2, 0) is 4.79 Å². The second-order valence-electron chi connectivity index (χ2n) is 6.31. The van der Waals surface area contributed by atoms with E-state index >= 15 is 0 Å². The van der Waals surface area contributed by atoms with Crippen LogP contribution in [0.2, 0.25) is 0 Å². The first kappa shape index (κ1) is 18.1. The van der Waals surface area contributed by atoms with Gasteiger partial charge in [-0.2, -0.15) is 0 Å². The molecule has 1 aromatic heterocycles. The SMILES string of the molecule is CC1Oc2ccc(-c3csc(NC(=O)c4ccccc4F)n3)cc2N(C)C1=O. The number of fused-ring (bicyclic) bond motifs is 1. The third-order valence-electron chi connectivity index (χ3n) is 4.44. The van der Waals surface area contributed by atoms with E-state index in [0.717, 1.165) is 5.56 Å². The molecule has 2 heterocycles. The lowest BCUT2D eigenvalue weighted by molar-refractivity contribution is -0.125. The number of amides is 2. The van der Waals surface area contributed by atoms with Crippen molar-refractivity contribution in [2.24, 2.45) is 0 Å². The van der Waals surface area contributed by atoms with Gasteiger partial charge in [-0.1, -0.05) is 12.1 Å². The zero-order chi connectivity index (χ0) is 19.8. The molecule has 8 heteroatoms. The maximum atomic E-state index is 13.7. The lowest BCUT2D eigenvalue weighted by atomic mass is 10.1.